The third-order valence-corrected chi connectivity index (χ3v) is 5.59. The van der Waals surface area contributed by atoms with E-state index < -0.39 is 0 Å². The molecule has 2 N–H and O–H groups in total. The molecule has 28 heavy (non-hydrogen) atoms. The SMILES string of the molecule is CNCCC1CCN(CC(=O)Nc2ccc(N3CCCCC3)nc2)CC1.Cl.Cl. The van der Waals surface area contributed by atoms with Crippen molar-refractivity contribution < 1.29 is 4.79 Å². The highest BCUT2D eigenvalue weighted by Crippen LogP contribution is 2.21. The van der Waals surface area contributed by atoms with Gasteiger partial charge in [-0.2, -0.15) is 0 Å². The number of pyridine rings is 1. The summed E-state index contributed by atoms with van der Waals surface area (Å²) in [4.78, 5) is 21.4. The van der Waals surface area contributed by atoms with Gasteiger partial charge in [0.1, 0.15) is 5.82 Å². The molecular weight excluding hydrogens is 397 g/mol. The minimum atomic E-state index is 0. The molecule has 0 aromatic carbocycles. The fourth-order valence-corrected chi connectivity index (χ4v) is 3.96. The van der Waals surface area contributed by atoms with Gasteiger partial charge in [0.15, 0.2) is 0 Å². The second-order valence-corrected chi connectivity index (χ2v) is 7.61. The van der Waals surface area contributed by atoms with Crippen molar-refractivity contribution in [3.05, 3.63) is 18.3 Å². The van der Waals surface area contributed by atoms with Crippen molar-refractivity contribution >= 4 is 42.2 Å². The van der Waals surface area contributed by atoms with Gasteiger partial charge in [0.05, 0.1) is 18.4 Å². The Balaban J connectivity index is 0.00000196. The van der Waals surface area contributed by atoms with Crippen molar-refractivity contribution in [3.63, 3.8) is 0 Å². The van der Waals surface area contributed by atoms with Crippen LogP contribution in [-0.4, -0.2) is 62.1 Å². The van der Waals surface area contributed by atoms with E-state index in [9.17, 15) is 4.79 Å². The van der Waals surface area contributed by atoms with Crippen LogP contribution in [0.15, 0.2) is 18.3 Å². The lowest BCUT2D eigenvalue weighted by Crippen LogP contribution is -2.39. The zero-order valence-corrected chi connectivity index (χ0v) is 18.5. The number of anilines is 2. The molecule has 2 saturated heterocycles. The molecule has 3 heterocycles. The van der Waals surface area contributed by atoms with Crippen LogP contribution in [0.5, 0.6) is 0 Å². The van der Waals surface area contributed by atoms with Gasteiger partial charge in [-0.15, -0.1) is 24.8 Å². The molecule has 6 nitrogen and oxygen atoms in total. The highest BCUT2D eigenvalue weighted by Gasteiger charge is 2.20. The average Bonchev–Trinajstić information content (AvgIpc) is 2.69. The van der Waals surface area contributed by atoms with Crippen LogP contribution in [0.4, 0.5) is 11.5 Å². The number of hydrogen-bond acceptors (Lipinski definition) is 5. The Morgan fingerprint density at radius 2 is 1.82 bits per heavy atom. The van der Waals surface area contributed by atoms with Crippen molar-refractivity contribution in [2.45, 2.75) is 38.5 Å². The van der Waals surface area contributed by atoms with Crippen molar-refractivity contribution in [3.8, 4) is 0 Å². The summed E-state index contributed by atoms with van der Waals surface area (Å²) < 4.78 is 0. The number of carbonyl (C=O) groups is 1. The number of hydrogen-bond donors (Lipinski definition) is 2. The van der Waals surface area contributed by atoms with Crippen LogP contribution in [0, 0.1) is 5.92 Å². The topological polar surface area (TPSA) is 60.5 Å². The van der Waals surface area contributed by atoms with Crippen LogP contribution >= 0.6 is 24.8 Å². The number of halogens is 2. The van der Waals surface area contributed by atoms with Gasteiger partial charge >= 0.3 is 0 Å². The number of piperidine rings is 2. The second kappa shape index (κ2) is 13.2. The monoisotopic (exact) mass is 431 g/mol. The minimum Gasteiger partial charge on any atom is -0.357 e. The molecule has 8 heteroatoms. The summed E-state index contributed by atoms with van der Waals surface area (Å²) in [5, 5.41) is 6.22. The second-order valence-electron chi connectivity index (χ2n) is 7.61. The predicted molar refractivity (Wildman–Crippen MR) is 121 cm³/mol. The lowest BCUT2D eigenvalue weighted by molar-refractivity contribution is -0.117. The zero-order chi connectivity index (χ0) is 18.2. The average molecular weight is 432 g/mol. The molecule has 1 amide bonds. The standard InChI is InChI=1S/C20H33N5O.2ClH/c1-21-10-7-17-8-13-24(14-9-17)16-20(26)23-18-5-6-19(22-15-18)25-11-3-2-4-12-25;;/h5-6,15,17,21H,2-4,7-14,16H2,1H3,(H,23,26);2*1H. The highest BCUT2D eigenvalue weighted by molar-refractivity contribution is 5.92. The van der Waals surface area contributed by atoms with E-state index in [0.29, 0.717) is 6.54 Å². The molecule has 0 unspecified atom stereocenters. The first-order chi connectivity index (χ1) is 12.7. The van der Waals surface area contributed by atoms with Crippen LogP contribution in [0.3, 0.4) is 0 Å². The quantitative estimate of drug-likeness (QED) is 0.693. The Bertz CT molecular complexity index is 558. The molecule has 160 valence electrons. The van der Waals surface area contributed by atoms with Crippen molar-refractivity contribution in [2.24, 2.45) is 5.92 Å². The molecule has 1 aromatic heterocycles. The maximum atomic E-state index is 12.3. The van der Waals surface area contributed by atoms with Crippen LogP contribution in [-0.2, 0) is 4.79 Å². The number of carbonyl (C=O) groups excluding carboxylic acids is 1. The van der Waals surface area contributed by atoms with Gasteiger partial charge in [0, 0.05) is 13.1 Å². The number of nitrogens with zero attached hydrogens (tertiary/aromatic N) is 3. The summed E-state index contributed by atoms with van der Waals surface area (Å²) in [6.07, 6.45) is 9.22. The Labute approximate surface area is 181 Å². The first-order valence-corrected chi connectivity index (χ1v) is 10.1. The zero-order valence-electron chi connectivity index (χ0n) is 16.9. The van der Waals surface area contributed by atoms with Gasteiger partial charge in [0.25, 0.3) is 0 Å². The summed E-state index contributed by atoms with van der Waals surface area (Å²) in [6.45, 7) is 5.78. The number of amides is 1. The Kier molecular flexibility index (Phi) is 11.8. The minimum absolute atomic E-state index is 0. The van der Waals surface area contributed by atoms with Crippen LogP contribution in [0.25, 0.3) is 0 Å². The molecule has 1 aromatic rings. The van der Waals surface area contributed by atoms with Gasteiger partial charge in [-0.1, -0.05) is 0 Å². The first kappa shape index (κ1) is 25.0. The third-order valence-electron chi connectivity index (χ3n) is 5.59. The first-order valence-electron chi connectivity index (χ1n) is 10.1. The summed E-state index contributed by atoms with van der Waals surface area (Å²) in [5.41, 5.74) is 0.791. The molecule has 0 atom stereocenters. The van der Waals surface area contributed by atoms with Crippen LogP contribution < -0.4 is 15.5 Å². The smallest absolute Gasteiger partial charge is 0.238 e. The molecule has 3 rings (SSSR count). The van der Waals surface area contributed by atoms with Gasteiger partial charge in [-0.3, -0.25) is 9.69 Å². The van der Waals surface area contributed by atoms with Crippen molar-refractivity contribution in [1.29, 1.82) is 0 Å². The van der Waals surface area contributed by atoms with Crippen molar-refractivity contribution in [1.82, 2.24) is 15.2 Å². The lowest BCUT2D eigenvalue weighted by atomic mass is 9.93. The fourth-order valence-electron chi connectivity index (χ4n) is 3.96. The van der Waals surface area contributed by atoms with Gasteiger partial charge in [-0.25, -0.2) is 4.98 Å². The molecule has 2 aliphatic heterocycles. The summed E-state index contributed by atoms with van der Waals surface area (Å²) in [7, 11) is 2.01. The summed E-state index contributed by atoms with van der Waals surface area (Å²) in [6, 6.07) is 3.99. The Morgan fingerprint density at radius 1 is 1.11 bits per heavy atom. The lowest BCUT2D eigenvalue weighted by Gasteiger charge is -2.31. The largest absolute Gasteiger partial charge is 0.357 e. The third kappa shape index (κ3) is 7.74. The Hall–Kier alpha value is -1.08. The van der Waals surface area contributed by atoms with Gasteiger partial charge in [0.2, 0.25) is 5.91 Å². The normalized spacial score (nSPS) is 18.1. The number of rotatable bonds is 7. The van der Waals surface area contributed by atoms with E-state index in [1.807, 2.05) is 19.2 Å². The maximum Gasteiger partial charge on any atom is 0.238 e. The number of nitrogens with one attached hydrogen (secondary N) is 2. The van der Waals surface area contributed by atoms with Gasteiger partial charge in [-0.05, 0) is 83.3 Å². The van der Waals surface area contributed by atoms with E-state index >= 15 is 0 Å². The molecule has 2 fully saturated rings. The van der Waals surface area contributed by atoms with E-state index in [4.69, 9.17) is 0 Å². The maximum absolute atomic E-state index is 12.3. The molecule has 0 saturated carbocycles. The molecule has 0 aliphatic carbocycles. The van der Waals surface area contributed by atoms with E-state index in [2.05, 4.69) is 25.4 Å². The molecule has 0 bridgehead atoms. The molecule has 2 aliphatic rings. The molecular formula is C20H35Cl2N5O. The van der Waals surface area contributed by atoms with E-state index in [-0.39, 0.29) is 30.7 Å². The van der Waals surface area contributed by atoms with E-state index in [1.54, 1.807) is 6.20 Å². The molecule has 0 spiro atoms. The summed E-state index contributed by atoms with van der Waals surface area (Å²) >= 11 is 0. The number of aromatic nitrogens is 1. The van der Waals surface area contributed by atoms with Crippen LogP contribution in [0.2, 0.25) is 0 Å². The number of likely N-dealkylation sites (tertiary alicyclic amines) is 1. The van der Waals surface area contributed by atoms with E-state index in [0.717, 1.165) is 50.1 Å². The fraction of sp³-hybridized carbons (Fsp3) is 0.700. The van der Waals surface area contributed by atoms with E-state index in [1.165, 1.54) is 38.5 Å². The summed E-state index contributed by atoms with van der Waals surface area (Å²) in [5.74, 6) is 1.88. The highest BCUT2D eigenvalue weighted by atomic mass is 35.5. The Morgan fingerprint density at radius 3 is 2.43 bits per heavy atom. The predicted octanol–water partition coefficient (Wildman–Crippen LogP) is 3.18. The van der Waals surface area contributed by atoms with Crippen LogP contribution in [0.1, 0.15) is 38.5 Å². The van der Waals surface area contributed by atoms with Gasteiger partial charge < -0.3 is 15.5 Å². The van der Waals surface area contributed by atoms with Crippen molar-refractivity contribution in [2.75, 3.05) is 56.5 Å². The molecule has 0 radical (unpaired) electrons.